The predicted octanol–water partition coefficient (Wildman–Crippen LogP) is 1.17. The highest BCUT2D eigenvalue weighted by Gasteiger charge is 2.14. The van der Waals surface area contributed by atoms with E-state index in [4.69, 9.17) is 5.11 Å². The normalized spacial score (nSPS) is 10.2. The number of hydrogen-bond donors (Lipinski definition) is 2. The Hall–Kier alpha value is -1.55. The molecular weight excluding hydrogens is 218 g/mol. The minimum absolute atomic E-state index is 0.0352. The molecule has 1 aromatic carbocycles. The Kier molecular flexibility index (Phi) is 5.49. The van der Waals surface area contributed by atoms with Gasteiger partial charge in [0, 0.05) is 18.7 Å². The van der Waals surface area contributed by atoms with Crippen LogP contribution >= 0.6 is 0 Å². The van der Waals surface area contributed by atoms with Gasteiger partial charge in [-0.3, -0.25) is 4.79 Å². The van der Waals surface area contributed by atoms with Crippen LogP contribution in [0.2, 0.25) is 0 Å². The van der Waals surface area contributed by atoms with Crippen LogP contribution in [0.4, 0.5) is 0 Å². The van der Waals surface area contributed by atoms with Crippen molar-refractivity contribution in [3.8, 4) is 5.75 Å². The predicted molar refractivity (Wildman–Crippen MR) is 65.8 cm³/mol. The molecule has 4 heteroatoms. The van der Waals surface area contributed by atoms with Gasteiger partial charge in [-0.2, -0.15) is 0 Å². The van der Waals surface area contributed by atoms with E-state index in [-0.39, 0.29) is 24.7 Å². The molecular formula is C13H19NO3. The van der Waals surface area contributed by atoms with Crippen molar-refractivity contribution in [1.29, 1.82) is 0 Å². The minimum atomic E-state index is -0.0672. The van der Waals surface area contributed by atoms with E-state index in [0.717, 1.165) is 6.42 Å². The monoisotopic (exact) mass is 237 g/mol. The van der Waals surface area contributed by atoms with Crippen molar-refractivity contribution in [3.63, 3.8) is 0 Å². The lowest BCUT2D eigenvalue weighted by Crippen LogP contribution is -2.35. The van der Waals surface area contributed by atoms with Crippen LogP contribution in [0.15, 0.2) is 24.3 Å². The van der Waals surface area contributed by atoms with E-state index in [0.29, 0.717) is 18.7 Å². The number of carbonyl (C=O) groups is 1. The topological polar surface area (TPSA) is 60.8 Å². The second-order valence-electron chi connectivity index (χ2n) is 3.91. The number of carbonyl (C=O) groups excluding carboxylic acids is 1. The highest BCUT2D eigenvalue weighted by atomic mass is 16.3. The fourth-order valence-electron chi connectivity index (χ4n) is 1.69. The van der Waals surface area contributed by atoms with Crippen LogP contribution in [-0.2, 0) is 11.2 Å². The molecule has 94 valence electrons. The van der Waals surface area contributed by atoms with E-state index >= 15 is 0 Å². The Balaban J connectivity index is 2.66. The average Bonchev–Trinajstić information content (AvgIpc) is 2.32. The molecule has 0 fully saturated rings. The number of hydrogen-bond acceptors (Lipinski definition) is 3. The average molecular weight is 237 g/mol. The summed E-state index contributed by atoms with van der Waals surface area (Å²) in [6, 6.07) is 6.81. The van der Waals surface area contributed by atoms with Gasteiger partial charge in [-0.1, -0.05) is 25.1 Å². The standard InChI is InChI=1S/C13H19NO3/c1-2-7-14(8-9-15)13(17)10-11-5-3-4-6-12(11)16/h3-6,15-16H,2,7-10H2,1H3. The molecule has 0 bridgehead atoms. The fraction of sp³-hybridized carbons (Fsp3) is 0.462. The summed E-state index contributed by atoms with van der Waals surface area (Å²) in [5.74, 6) is 0.0729. The zero-order chi connectivity index (χ0) is 12.7. The molecule has 2 N–H and O–H groups in total. The van der Waals surface area contributed by atoms with Crippen molar-refractivity contribution in [2.75, 3.05) is 19.7 Å². The molecule has 1 aromatic rings. The van der Waals surface area contributed by atoms with Gasteiger partial charge in [0.05, 0.1) is 13.0 Å². The van der Waals surface area contributed by atoms with Crippen molar-refractivity contribution < 1.29 is 15.0 Å². The van der Waals surface area contributed by atoms with Crippen molar-refractivity contribution in [2.45, 2.75) is 19.8 Å². The number of para-hydroxylation sites is 1. The molecule has 1 amide bonds. The minimum Gasteiger partial charge on any atom is -0.508 e. The molecule has 0 heterocycles. The summed E-state index contributed by atoms with van der Waals surface area (Å²) in [6.07, 6.45) is 1.03. The first-order valence-electron chi connectivity index (χ1n) is 5.84. The molecule has 0 aliphatic carbocycles. The van der Waals surface area contributed by atoms with Crippen LogP contribution in [0.25, 0.3) is 0 Å². The van der Waals surface area contributed by atoms with Gasteiger partial charge >= 0.3 is 0 Å². The number of nitrogens with zero attached hydrogens (tertiary/aromatic N) is 1. The highest BCUT2D eigenvalue weighted by molar-refractivity contribution is 5.79. The number of amides is 1. The van der Waals surface area contributed by atoms with Gasteiger partial charge in [-0.05, 0) is 12.5 Å². The van der Waals surface area contributed by atoms with Gasteiger partial charge in [0.25, 0.3) is 0 Å². The van der Waals surface area contributed by atoms with E-state index < -0.39 is 0 Å². The van der Waals surface area contributed by atoms with E-state index in [1.54, 1.807) is 29.2 Å². The third-order valence-corrected chi connectivity index (χ3v) is 2.55. The van der Waals surface area contributed by atoms with Crippen LogP contribution in [0, 0.1) is 0 Å². The summed E-state index contributed by atoms with van der Waals surface area (Å²) in [5, 5.41) is 18.5. The van der Waals surface area contributed by atoms with Gasteiger partial charge in [0.15, 0.2) is 0 Å². The Bertz CT molecular complexity index is 359. The molecule has 1 rings (SSSR count). The molecule has 0 radical (unpaired) electrons. The number of phenolic OH excluding ortho intramolecular Hbond substituents is 1. The largest absolute Gasteiger partial charge is 0.508 e. The van der Waals surface area contributed by atoms with Gasteiger partial charge in [-0.25, -0.2) is 0 Å². The van der Waals surface area contributed by atoms with Crippen LogP contribution in [0.1, 0.15) is 18.9 Å². The second-order valence-corrected chi connectivity index (χ2v) is 3.91. The molecule has 0 unspecified atom stereocenters. The molecule has 0 aliphatic rings. The number of aliphatic hydroxyl groups is 1. The maximum absolute atomic E-state index is 11.9. The van der Waals surface area contributed by atoms with Crippen LogP contribution in [0.5, 0.6) is 5.75 Å². The van der Waals surface area contributed by atoms with Crippen molar-refractivity contribution in [1.82, 2.24) is 4.90 Å². The summed E-state index contributed by atoms with van der Waals surface area (Å²) in [6.45, 7) is 2.93. The zero-order valence-electron chi connectivity index (χ0n) is 10.1. The Morgan fingerprint density at radius 2 is 2.00 bits per heavy atom. The summed E-state index contributed by atoms with van der Waals surface area (Å²) < 4.78 is 0. The second kappa shape index (κ2) is 6.91. The number of aliphatic hydroxyl groups excluding tert-OH is 1. The van der Waals surface area contributed by atoms with Crippen LogP contribution < -0.4 is 0 Å². The number of aromatic hydroxyl groups is 1. The highest BCUT2D eigenvalue weighted by Crippen LogP contribution is 2.16. The van der Waals surface area contributed by atoms with E-state index in [9.17, 15) is 9.90 Å². The molecule has 17 heavy (non-hydrogen) atoms. The third-order valence-electron chi connectivity index (χ3n) is 2.55. The Labute approximate surface area is 101 Å². The van der Waals surface area contributed by atoms with Gasteiger partial charge in [-0.15, -0.1) is 0 Å². The van der Waals surface area contributed by atoms with Crippen LogP contribution in [0.3, 0.4) is 0 Å². The number of rotatable bonds is 6. The fourth-order valence-corrected chi connectivity index (χ4v) is 1.69. The molecule has 0 saturated heterocycles. The summed E-state index contributed by atoms with van der Waals surface area (Å²) in [7, 11) is 0. The molecule has 0 atom stereocenters. The Morgan fingerprint density at radius 3 is 2.59 bits per heavy atom. The first kappa shape index (κ1) is 13.5. The smallest absolute Gasteiger partial charge is 0.227 e. The molecule has 0 spiro atoms. The molecule has 0 aromatic heterocycles. The van der Waals surface area contributed by atoms with Gasteiger partial charge in [0.2, 0.25) is 5.91 Å². The molecule has 4 nitrogen and oxygen atoms in total. The van der Waals surface area contributed by atoms with Crippen molar-refractivity contribution >= 4 is 5.91 Å². The summed E-state index contributed by atoms with van der Waals surface area (Å²) in [5.41, 5.74) is 0.622. The van der Waals surface area contributed by atoms with Gasteiger partial charge in [0.1, 0.15) is 5.75 Å². The lowest BCUT2D eigenvalue weighted by Gasteiger charge is -2.21. The first-order chi connectivity index (χ1) is 8.19. The van der Waals surface area contributed by atoms with E-state index in [1.165, 1.54) is 0 Å². The van der Waals surface area contributed by atoms with Gasteiger partial charge < -0.3 is 15.1 Å². The van der Waals surface area contributed by atoms with Crippen LogP contribution in [-0.4, -0.2) is 40.7 Å². The number of phenols is 1. The quantitative estimate of drug-likeness (QED) is 0.780. The Morgan fingerprint density at radius 1 is 1.29 bits per heavy atom. The van der Waals surface area contributed by atoms with Crippen molar-refractivity contribution in [3.05, 3.63) is 29.8 Å². The summed E-state index contributed by atoms with van der Waals surface area (Å²) in [4.78, 5) is 13.6. The summed E-state index contributed by atoms with van der Waals surface area (Å²) >= 11 is 0. The van der Waals surface area contributed by atoms with E-state index in [2.05, 4.69) is 0 Å². The van der Waals surface area contributed by atoms with E-state index in [1.807, 2.05) is 6.92 Å². The maximum atomic E-state index is 11.9. The zero-order valence-corrected chi connectivity index (χ0v) is 10.1. The lowest BCUT2D eigenvalue weighted by atomic mass is 10.1. The lowest BCUT2D eigenvalue weighted by molar-refractivity contribution is -0.131. The first-order valence-corrected chi connectivity index (χ1v) is 5.84. The number of benzene rings is 1. The SMILES string of the molecule is CCCN(CCO)C(=O)Cc1ccccc1O. The molecule has 0 saturated carbocycles. The molecule has 0 aliphatic heterocycles. The maximum Gasteiger partial charge on any atom is 0.227 e. The van der Waals surface area contributed by atoms with Crippen molar-refractivity contribution in [2.24, 2.45) is 0 Å². The third kappa shape index (κ3) is 4.07.